The Balaban J connectivity index is 0.00000225. The molecule has 86 valence electrons. The second-order valence-corrected chi connectivity index (χ2v) is 3.25. The molecule has 0 aliphatic carbocycles. The maximum absolute atomic E-state index is 10.9. The van der Waals surface area contributed by atoms with Crippen molar-refractivity contribution in [2.24, 2.45) is 0 Å². The van der Waals surface area contributed by atoms with Gasteiger partial charge < -0.3 is 14.6 Å². The average Bonchev–Trinajstić information content (AvgIpc) is 2.20. The molecule has 0 unspecified atom stereocenters. The van der Waals surface area contributed by atoms with Crippen LogP contribution in [0.4, 0.5) is 0 Å². The SMILES string of the molecule is CC(C)Oc1ccccc1OC(=O)CO.[Ti]. The number of carbonyl (C=O) groups is 1. The fourth-order valence-electron chi connectivity index (χ4n) is 1.04. The molecule has 1 N–H and O–H groups in total. The number of benzene rings is 1. The second-order valence-electron chi connectivity index (χ2n) is 3.25. The van der Waals surface area contributed by atoms with Crippen LogP contribution in [0.1, 0.15) is 13.8 Å². The van der Waals surface area contributed by atoms with Gasteiger partial charge in [-0.25, -0.2) is 4.79 Å². The minimum absolute atomic E-state index is 0. The van der Waals surface area contributed by atoms with Crippen molar-refractivity contribution in [2.75, 3.05) is 6.61 Å². The zero-order valence-electron chi connectivity index (χ0n) is 9.27. The molecule has 0 bridgehead atoms. The quantitative estimate of drug-likeness (QED) is 0.503. The summed E-state index contributed by atoms with van der Waals surface area (Å²) in [6.45, 7) is 3.12. The molecule has 0 atom stereocenters. The third kappa shape index (κ3) is 4.79. The molecule has 0 spiro atoms. The Morgan fingerprint density at radius 1 is 1.31 bits per heavy atom. The van der Waals surface area contributed by atoms with E-state index in [1.54, 1.807) is 24.3 Å². The van der Waals surface area contributed by atoms with Crippen molar-refractivity contribution in [2.45, 2.75) is 20.0 Å². The van der Waals surface area contributed by atoms with Crippen LogP contribution in [0.3, 0.4) is 0 Å². The van der Waals surface area contributed by atoms with Crippen LogP contribution in [-0.4, -0.2) is 23.8 Å². The minimum atomic E-state index is -0.699. The van der Waals surface area contributed by atoms with E-state index in [9.17, 15) is 4.79 Å². The van der Waals surface area contributed by atoms with Gasteiger partial charge in [-0.15, -0.1) is 0 Å². The molecule has 4 nitrogen and oxygen atoms in total. The standard InChI is InChI=1S/C11H14O4.Ti/c1-8(2)14-9-5-3-4-6-10(9)15-11(13)7-12;/h3-6,8,12H,7H2,1-2H3;. The molecule has 5 heteroatoms. The first-order valence-electron chi connectivity index (χ1n) is 4.70. The summed E-state index contributed by atoms with van der Waals surface area (Å²) in [5, 5.41) is 8.55. The van der Waals surface area contributed by atoms with Crippen molar-refractivity contribution in [3.05, 3.63) is 24.3 Å². The molecule has 0 aliphatic rings. The normalized spacial score (nSPS) is 9.50. The van der Waals surface area contributed by atoms with Gasteiger partial charge in [-0.3, -0.25) is 0 Å². The van der Waals surface area contributed by atoms with Gasteiger partial charge in [0, 0.05) is 21.7 Å². The molecule has 1 aromatic carbocycles. The van der Waals surface area contributed by atoms with E-state index in [1.807, 2.05) is 13.8 Å². The number of esters is 1. The summed E-state index contributed by atoms with van der Waals surface area (Å²) < 4.78 is 10.3. The fraction of sp³-hybridized carbons (Fsp3) is 0.364. The molecule has 0 aliphatic heterocycles. The van der Waals surface area contributed by atoms with E-state index in [1.165, 1.54) is 0 Å². The van der Waals surface area contributed by atoms with Crippen molar-refractivity contribution in [1.82, 2.24) is 0 Å². The van der Waals surface area contributed by atoms with Crippen LogP contribution in [0, 0.1) is 0 Å². The summed E-state index contributed by atoms with van der Waals surface area (Å²) in [6, 6.07) is 6.84. The number of aliphatic hydroxyl groups is 1. The number of aliphatic hydroxyl groups excluding tert-OH is 1. The molecular weight excluding hydrogens is 244 g/mol. The minimum Gasteiger partial charge on any atom is -0.487 e. The molecule has 0 saturated heterocycles. The molecule has 0 aromatic heterocycles. The first-order valence-corrected chi connectivity index (χ1v) is 4.70. The van der Waals surface area contributed by atoms with Gasteiger partial charge in [0.2, 0.25) is 0 Å². The maximum Gasteiger partial charge on any atom is 0.337 e. The number of para-hydroxylation sites is 2. The van der Waals surface area contributed by atoms with Gasteiger partial charge >= 0.3 is 5.97 Å². The third-order valence-corrected chi connectivity index (χ3v) is 1.56. The molecule has 0 fully saturated rings. The molecular formula is C11H14O4Ti. The van der Waals surface area contributed by atoms with Crippen molar-refractivity contribution in [3.63, 3.8) is 0 Å². The second kappa shape index (κ2) is 7.44. The molecule has 0 heterocycles. The Bertz CT molecular complexity index is 339. The largest absolute Gasteiger partial charge is 0.487 e. The van der Waals surface area contributed by atoms with Gasteiger partial charge in [-0.2, -0.15) is 0 Å². The van der Waals surface area contributed by atoms with Crippen LogP contribution in [0.2, 0.25) is 0 Å². The summed E-state index contributed by atoms with van der Waals surface area (Å²) in [7, 11) is 0. The van der Waals surface area contributed by atoms with Gasteiger partial charge in [0.05, 0.1) is 6.10 Å². The van der Waals surface area contributed by atoms with Crippen molar-refractivity contribution in [1.29, 1.82) is 0 Å². The van der Waals surface area contributed by atoms with Crippen LogP contribution in [0.5, 0.6) is 11.5 Å². The van der Waals surface area contributed by atoms with Gasteiger partial charge in [0.15, 0.2) is 11.5 Å². The molecule has 1 aromatic rings. The van der Waals surface area contributed by atoms with E-state index in [2.05, 4.69) is 0 Å². The molecule has 0 radical (unpaired) electrons. The molecule has 1 rings (SSSR count). The monoisotopic (exact) mass is 258 g/mol. The topological polar surface area (TPSA) is 55.8 Å². The predicted octanol–water partition coefficient (Wildman–Crippen LogP) is 1.37. The third-order valence-electron chi connectivity index (χ3n) is 1.56. The van der Waals surface area contributed by atoms with E-state index in [-0.39, 0.29) is 27.8 Å². The Morgan fingerprint density at radius 3 is 2.38 bits per heavy atom. The van der Waals surface area contributed by atoms with E-state index < -0.39 is 12.6 Å². The molecule has 0 saturated carbocycles. The summed E-state index contributed by atoms with van der Waals surface area (Å²) in [4.78, 5) is 10.9. The van der Waals surface area contributed by atoms with E-state index in [4.69, 9.17) is 14.6 Å². The van der Waals surface area contributed by atoms with Crippen LogP contribution in [0.15, 0.2) is 24.3 Å². The predicted molar refractivity (Wildman–Crippen MR) is 54.9 cm³/mol. The summed E-state index contributed by atoms with van der Waals surface area (Å²) in [5.74, 6) is 0.120. The Labute approximate surface area is 109 Å². The summed E-state index contributed by atoms with van der Waals surface area (Å²) >= 11 is 0. The first-order chi connectivity index (χ1) is 7.13. The van der Waals surface area contributed by atoms with Gasteiger partial charge in [0.25, 0.3) is 0 Å². The number of hydrogen-bond acceptors (Lipinski definition) is 4. The number of hydrogen-bond donors (Lipinski definition) is 1. The van der Waals surface area contributed by atoms with Gasteiger partial charge in [0.1, 0.15) is 6.61 Å². The van der Waals surface area contributed by atoms with Crippen molar-refractivity contribution < 1.29 is 41.1 Å². The number of ether oxygens (including phenoxy) is 2. The van der Waals surface area contributed by atoms with Crippen molar-refractivity contribution >= 4 is 5.97 Å². The maximum atomic E-state index is 10.9. The summed E-state index contributed by atoms with van der Waals surface area (Å²) in [5.41, 5.74) is 0. The Hall–Kier alpha value is -0.836. The van der Waals surface area contributed by atoms with E-state index >= 15 is 0 Å². The van der Waals surface area contributed by atoms with Crippen LogP contribution in [-0.2, 0) is 26.5 Å². The zero-order valence-corrected chi connectivity index (χ0v) is 10.8. The van der Waals surface area contributed by atoms with Crippen LogP contribution in [0.25, 0.3) is 0 Å². The number of carbonyl (C=O) groups excluding carboxylic acids is 1. The van der Waals surface area contributed by atoms with E-state index in [0.29, 0.717) is 11.5 Å². The zero-order chi connectivity index (χ0) is 11.3. The fourth-order valence-corrected chi connectivity index (χ4v) is 1.04. The van der Waals surface area contributed by atoms with Gasteiger partial charge in [-0.1, -0.05) is 12.1 Å². The van der Waals surface area contributed by atoms with Crippen molar-refractivity contribution in [3.8, 4) is 11.5 Å². The Kier molecular flexibility index (Phi) is 7.05. The summed E-state index contributed by atoms with van der Waals surface area (Å²) in [6.07, 6.45) is -0.000946. The first kappa shape index (κ1) is 15.2. The van der Waals surface area contributed by atoms with Crippen LogP contribution < -0.4 is 9.47 Å². The van der Waals surface area contributed by atoms with E-state index in [0.717, 1.165) is 0 Å². The Morgan fingerprint density at radius 2 is 1.88 bits per heavy atom. The van der Waals surface area contributed by atoms with Gasteiger partial charge in [-0.05, 0) is 26.0 Å². The van der Waals surface area contributed by atoms with Crippen LogP contribution >= 0.6 is 0 Å². The number of rotatable bonds is 4. The smallest absolute Gasteiger partial charge is 0.337 e. The molecule has 0 amide bonds. The molecule has 16 heavy (non-hydrogen) atoms. The average molecular weight is 258 g/mol.